The maximum absolute atomic E-state index is 13.6. The van der Waals surface area contributed by atoms with Gasteiger partial charge in [-0.25, -0.2) is 4.39 Å². The van der Waals surface area contributed by atoms with Crippen LogP contribution in [0.2, 0.25) is 5.02 Å². The first-order valence-electron chi connectivity index (χ1n) is 6.69. The van der Waals surface area contributed by atoms with Crippen molar-refractivity contribution in [2.75, 3.05) is 0 Å². The second-order valence-electron chi connectivity index (χ2n) is 5.49. The fraction of sp³-hybridized carbons (Fsp3) is 0.600. The molecule has 0 aromatic heterocycles. The van der Waals surface area contributed by atoms with Crippen molar-refractivity contribution in [3.8, 4) is 0 Å². The fourth-order valence-corrected chi connectivity index (χ4v) is 3.01. The number of rotatable bonds is 3. The van der Waals surface area contributed by atoms with Gasteiger partial charge in [0.05, 0.1) is 6.10 Å². The molecule has 0 amide bonds. The molecule has 3 heteroatoms. The summed E-state index contributed by atoms with van der Waals surface area (Å²) < 4.78 is 13.6. The summed E-state index contributed by atoms with van der Waals surface area (Å²) in [7, 11) is 0. The molecule has 1 fully saturated rings. The van der Waals surface area contributed by atoms with Crippen LogP contribution >= 0.6 is 11.6 Å². The van der Waals surface area contributed by atoms with Crippen LogP contribution in [0.3, 0.4) is 0 Å². The Balaban J connectivity index is 2.00. The SMILES string of the molecule is CC1CCC(C(O)Cc2c(F)cccc2Cl)CC1. The Morgan fingerprint density at radius 2 is 2.00 bits per heavy atom. The van der Waals surface area contributed by atoms with E-state index in [1.54, 1.807) is 12.1 Å². The van der Waals surface area contributed by atoms with E-state index in [0.717, 1.165) is 31.6 Å². The molecule has 18 heavy (non-hydrogen) atoms. The van der Waals surface area contributed by atoms with Crippen LogP contribution in [0.1, 0.15) is 38.2 Å². The molecule has 1 aliphatic rings. The lowest BCUT2D eigenvalue weighted by atomic mass is 9.79. The van der Waals surface area contributed by atoms with Crippen LogP contribution in [0, 0.1) is 17.7 Å². The molecule has 2 rings (SSSR count). The number of aliphatic hydroxyl groups is 1. The number of aliphatic hydroxyl groups excluding tert-OH is 1. The van der Waals surface area contributed by atoms with Crippen LogP contribution in [0.5, 0.6) is 0 Å². The van der Waals surface area contributed by atoms with Crippen molar-refractivity contribution in [3.63, 3.8) is 0 Å². The highest BCUT2D eigenvalue weighted by Gasteiger charge is 2.26. The van der Waals surface area contributed by atoms with Crippen molar-refractivity contribution in [2.24, 2.45) is 11.8 Å². The van der Waals surface area contributed by atoms with Gasteiger partial charge >= 0.3 is 0 Å². The first-order valence-corrected chi connectivity index (χ1v) is 7.06. The summed E-state index contributed by atoms with van der Waals surface area (Å²) in [5.74, 6) is 0.730. The smallest absolute Gasteiger partial charge is 0.127 e. The molecular formula is C15H20ClFO. The van der Waals surface area contributed by atoms with E-state index < -0.39 is 6.10 Å². The van der Waals surface area contributed by atoms with Crippen LogP contribution in [0.15, 0.2) is 18.2 Å². The number of hydrogen-bond acceptors (Lipinski definition) is 1. The van der Waals surface area contributed by atoms with Gasteiger partial charge in [-0.15, -0.1) is 0 Å². The highest BCUT2D eigenvalue weighted by Crippen LogP contribution is 2.32. The van der Waals surface area contributed by atoms with E-state index in [9.17, 15) is 9.50 Å². The Bertz CT molecular complexity index is 379. The molecule has 0 spiro atoms. The lowest BCUT2D eigenvalue weighted by molar-refractivity contribution is 0.0754. The zero-order chi connectivity index (χ0) is 13.1. The van der Waals surface area contributed by atoms with E-state index in [-0.39, 0.29) is 11.7 Å². The Kier molecular flexibility index (Phi) is 4.63. The second kappa shape index (κ2) is 6.03. The number of hydrogen-bond donors (Lipinski definition) is 1. The third-order valence-electron chi connectivity index (χ3n) is 4.08. The maximum atomic E-state index is 13.6. The second-order valence-corrected chi connectivity index (χ2v) is 5.90. The van der Waals surface area contributed by atoms with Crippen molar-refractivity contribution in [1.29, 1.82) is 0 Å². The highest BCUT2D eigenvalue weighted by atomic mass is 35.5. The van der Waals surface area contributed by atoms with Crippen molar-refractivity contribution < 1.29 is 9.50 Å². The van der Waals surface area contributed by atoms with Crippen molar-refractivity contribution in [3.05, 3.63) is 34.6 Å². The molecule has 0 bridgehead atoms. The minimum Gasteiger partial charge on any atom is -0.392 e. The molecule has 1 aromatic carbocycles. The van der Waals surface area contributed by atoms with Gasteiger partial charge in [-0.3, -0.25) is 0 Å². The van der Waals surface area contributed by atoms with Crippen LogP contribution in [0.25, 0.3) is 0 Å². The van der Waals surface area contributed by atoms with E-state index in [1.165, 1.54) is 6.07 Å². The van der Waals surface area contributed by atoms with Crippen LogP contribution in [-0.2, 0) is 6.42 Å². The van der Waals surface area contributed by atoms with Gasteiger partial charge in [0.15, 0.2) is 0 Å². The predicted octanol–water partition coefficient (Wildman–Crippen LogP) is 4.21. The number of benzene rings is 1. The monoisotopic (exact) mass is 270 g/mol. The molecule has 1 aromatic rings. The zero-order valence-corrected chi connectivity index (χ0v) is 11.5. The summed E-state index contributed by atoms with van der Waals surface area (Å²) in [6.07, 6.45) is 4.24. The molecule has 1 saturated carbocycles. The minimum atomic E-state index is -0.480. The molecular weight excluding hydrogens is 251 g/mol. The normalized spacial score (nSPS) is 26.0. The van der Waals surface area contributed by atoms with Gasteiger partial charge in [0.1, 0.15) is 5.82 Å². The molecule has 0 radical (unpaired) electrons. The Morgan fingerprint density at radius 3 is 2.61 bits per heavy atom. The predicted molar refractivity (Wildman–Crippen MR) is 72.2 cm³/mol. The van der Waals surface area contributed by atoms with Crippen molar-refractivity contribution in [2.45, 2.75) is 45.1 Å². The number of halogens is 2. The highest BCUT2D eigenvalue weighted by molar-refractivity contribution is 6.31. The molecule has 0 saturated heterocycles. The van der Waals surface area contributed by atoms with Gasteiger partial charge in [-0.2, -0.15) is 0 Å². The summed E-state index contributed by atoms with van der Waals surface area (Å²) >= 11 is 5.98. The molecule has 1 unspecified atom stereocenters. The summed E-state index contributed by atoms with van der Waals surface area (Å²) in [5, 5.41) is 10.7. The molecule has 1 nitrogen and oxygen atoms in total. The van der Waals surface area contributed by atoms with E-state index in [2.05, 4.69) is 6.92 Å². The van der Waals surface area contributed by atoms with Gasteiger partial charge in [-0.1, -0.05) is 37.4 Å². The Hall–Kier alpha value is -0.600. The average molecular weight is 271 g/mol. The first kappa shape index (κ1) is 13.8. The lowest BCUT2D eigenvalue weighted by Crippen LogP contribution is -2.27. The van der Waals surface area contributed by atoms with Gasteiger partial charge in [0.25, 0.3) is 0 Å². The molecule has 1 N–H and O–H groups in total. The van der Waals surface area contributed by atoms with Crippen LogP contribution < -0.4 is 0 Å². The maximum Gasteiger partial charge on any atom is 0.127 e. The van der Waals surface area contributed by atoms with Gasteiger partial charge in [-0.05, 0) is 36.8 Å². The summed E-state index contributed by atoms with van der Waals surface area (Å²) in [6.45, 7) is 2.25. The van der Waals surface area contributed by atoms with E-state index in [4.69, 9.17) is 11.6 Å². The topological polar surface area (TPSA) is 20.2 Å². The van der Waals surface area contributed by atoms with Crippen LogP contribution in [0.4, 0.5) is 4.39 Å². The van der Waals surface area contributed by atoms with E-state index >= 15 is 0 Å². The molecule has 1 atom stereocenters. The van der Waals surface area contributed by atoms with Crippen molar-refractivity contribution in [1.82, 2.24) is 0 Å². The lowest BCUT2D eigenvalue weighted by Gasteiger charge is -2.30. The van der Waals surface area contributed by atoms with Gasteiger partial charge in [0.2, 0.25) is 0 Å². The molecule has 100 valence electrons. The fourth-order valence-electron chi connectivity index (χ4n) is 2.77. The van der Waals surface area contributed by atoms with E-state index in [1.807, 2.05) is 0 Å². The van der Waals surface area contributed by atoms with Crippen molar-refractivity contribution >= 4 is 11.6 Å². The van der Waals surface area contributed by atoms with Crippen LogP contribution in [-0.4, -0.2) is 11.2 Å². The Labute approximate surface area is 113 Å². The zero-order valence-electron chi connectivity index (χ0n) is 10.7. The summed E-state index contributed by atoms with van der Waals surface area (Å²) in [5.41, 5.74) is 0.449. The molecule has 1 aliphatic carbocycles. The van der Waals surface area contributed by atoms with E-state index in [0.29, 0.717) is 17.0 Å². The minimum absolute atomic E-state index is 0.289. The molecule has 0 heterocycles. The standard InChI is InChI=1S/C15H20ClFO/c1-10-5-7-11(8-6-10)15(18)9-12-13(16)3-2-4-14(12)17/h2-4,10-11,15,18H,5-9H2,1H3. The largest absolute Gasteiger partial charge is 0.392 e. The third-order valence-corrected chi connectivity index (χ3v) is 4.43. The summed E-state index contributed by atoms with van der Waals surface area (Å²) in [6, 6.07) is 4.67. The van der Waals surface area contributed by atoms with Gasteiger partial charge in [0, 0.05) is 17.0 Å². The third kappa shape index (κ3) is 3.24. The summed E-state index contributed by atoms with van der Waals surface area (Å²) in [4.78, 5) is 0. The molecule has 0 aliphatic heterocycles. The Morgan fingerprint density at radius 1 is 1.33 bits per heavy atom. The average Bonchev–Trinajstić information content (AvgIpc) is 2.34. The van der Waals surface area contributed by atoms with Gasteiger partial charge < -0.3 is 5.11 Å². The quantitative estimate of drug-likeness (QED) is 0.872. The first-order chi connectivity index (χ1) is 8.58.